The van der Waals surface area contributed by atoms with Crippen molar-refractivity contribution in [3.63, 3.8) is 0 Å². The number of rotatable bonds is 7. The lowest BCUT2D eigenvalue weighted by Gasteiger charge is -2.34. The third-order valence-corrected chi connectivity index (χ3v) is 5.87. The van der Waals surface area contributed by atoms with E-state index in [-0.39, 0.29) is 18.0 Å². The zero-order chi connectivity index (χ0) is 20.1. The van der Waals surface area contributed by atoms with Crippen LogP contribution in [0.15, 0.2) is 51.2 Å². The van der Waals surface area contributed by atoms with Crippen molar-refractivity contribution in [2.45, 2.75) is 19.4 Å². The summed E-state index contributed by atoms with van der Waals surface area (Å²) in [7, 11) is 0. The van der Waals surface area contributed by atoms with Crippen molar-refractivity contribution in [1.29, 1.82) is 0 Å². The highest BCUT2D eigenvalue weighted by atomic mass is 32.1. The van der Waals surface area contributed by atoms with Gasteiger partial charge >= 0.3 is 0 Å². The third kappa shape index (κ3) is 4.99. The molecule has 0 aromatic carbocycles. The van der Waals surface area contributed by atoms with Crippen LogP contribution >= 0.6 is 11.3 Å². The van der Waals surface area contributed by atoms with Crippen molar-refractivity contribution >= 4 is 17.2 Å². The normalized spacial score (nSPS) is 15.0. The van der Waals surface area contributed by atoms with Gasteiger partial charge in [-0.2, -0.15) is 4.98 Å². The number of carbonyl (C=O) groups is 1. The lowest BCUT2D eigenvalue weighted by atomic mass is 10.2. The molecule has 0 saturated carbocycles. The predicted octanol–water partition coefficient (Wildman–Crippen LogP) is 1.74. The number of nitrogens with zero attached hydrogens (tertiary/aromatic N) is 5. The number of hydrogen-bond donors (Lipinski definition) is 0. The molecule has 152 valence electrons. The Bertz CT molecular complexity index is 989. The molecule has 0 unspecified atom stereocenters. The Hall–Kier alpha value is -2.78. The molecule has 8 nitrogen and oxygen atoms in total. The molecule has 3 aromatic rings. The van der Waals surface area contributed by atoms with Crippen LogP contribution in [0.25, 0.3) is 10.7 Å². The smallest absolute Gasteiger partial charge is 0.250 e. The van der Waals surface area contributed by atoms with Gasteiger partial charge in [0.1, 0.15) is 6.54 Å². The van der Waals surface area contributed by atoms with E-state index in [2.05, 4.69) is 15.0 Å². The van der Waals surface area contributed by atoms with Gasteiger partial charge in [0.25, 0.3) is 5.56 Å². The Balaban J connectivity index is 1.19. The molecule has 0 atom stereocenters. The molecule has 4 heterocycles. The maximum Gasteiger partial charge on any atom is 0.250 e. The molecule has 1 saturated heterocycles. The number of pyridine rings is 1. The Kier molecular flexibility index (Phi) is 6.16. The molecule has 0 N–H and O–H groups in total. The average molecular weight is 414 g/mol. The highest BCUT2D eigenvalue weighted by Gasteiger charge is 2.21. The standard InChI is InChI=1S/C20H23N5O3S/c26-18-7-1-2-9-25(18)15-19(27)24-12-10-23(11-13-24)8-3-6-17-21-20(22-28-17)16-5-4-14-29-16/h1-2,4-5,7,9,14H,3,6,8,10-13,15H2. The maximum atomic E-state index is 12.4. The van der Waals surface area contributed by atoms with E-state index in [0.717, 1.165) is 37.4 Å². The SMILES string of the molecule is O=C(Cn1ccccc1=O)N1CCN(CCCc2nc(-c3cccs3)no2)CC1. The van der Waals surface area contributed by atoms with E-state index in [1.807, 2.05) is 22.4 Å². The predicted molar refractivity (Wildman–Crippen MR) is 110 cm³/mol. The van der Waals surface area contributed by atoms with Gasteiger partial charge in [-0.1, -0.05) is 17.3 Å². The van der Waals surface area contributed by atoms with Gasteiger partial charge in [-0.25, -0.2) is 0 Å². The molecule has 0 spiro atoms. The molecule has 1 fully saturated rings. The van der Waals surface area contributed by atoms with Gasteiger partial charge in [-0.05, 0) is 30.5 Å². The molecule has 4 rings (SSSR count). The number of aryl methyl sites for hydroxylation is 1. The minimum atomic E-state index is -0.150. The zero-order valence-corrected chi connectivity index (χ0v) is 16.9. The van der Waals surface area contributed by atoms with Crippen molar-refractivity contribution in [1.82, 2.24) is 24.5 Å². The summed E-state index contributed by atoms with van der Waals surface area (Å²) in [6.07, 6.45) is 3.33. The fraction of sp³-hybridized carbons (Fsp3) is 0.400. The van der Waals surface area contributed by atoms with Gasteiger partial charge in [0, 0.05) is 44.9 Å². The maximum absolute atomic E-state index is 12.4. The van der Waals surface area contributed by atoms with Gasteiger partial charge in [0.15, 0.2) is 0 Å². The van der Waals surface area contributed by atoms with Gasteiger partial charge in [-0.15, -0.1) is 11.3 Å². The van der Waals surface area contributed by atoms with Crippen LogP contribution in [-0.4, -0.2) is 63.1 Å². The first kappa shape index (κ1) is 19.5. The van der Waals surface area contributed by atoms with Crippen LogP contribution in [0.4, 0.5) is 0 Å². The summed E-state index contributed by atoms with van der Waals surface area (Å²) in [6, 6.07) is 8.86. The van der Waals surface area contributed by atoms with Crippen LogP contribution in [0.5, 0.6) is 0 Å². The Labute approximate surface area is 172 Å². The van der Waals surface area contributed by atoms with Crippen molar-refractivity contribution in [2.75, 3.05) is 32.7 Å². The number of amides is 1. The number of aromatic nitrogens is 3. The quantitative estimate of drug-likeness (QED) is 0.587. The van der Waals surface area contributed by atoms with Crippen LogP contribution in [0.1, 0.15) is 12.3 Å². The molecule has 9 heteroatoms. The van der Waals surface area contributed by atoms with Crippen LogP contribution in [0, 0.1) is 0 Å². The molecule has 29 heavy (non-hydrogen) atoms. The molecule has 1 amide bonds. The highest BCUT2D eigenvalue weighted by Crippen LogP contribution is 2.21. The van der Waals surface area contributed by atoms with Crippen LogP contribution in [0.2, 0.25) is 0 Å². The summed E-state index contributed by atoms with van der Waals surface area (Å²) >= 11 is 1.60. The summed E-state index contributed by atoms with van der Waals surface area (Å²) < 4.78 is 6.79. The molecule has 1 aliphatic rings. The Morgan fingerprint density at radius 3 is 2.76 bits per heavy atom. The van der Waals surface area contributed by atoms with E-state index in [9.17, 15) is 9.59 Å². The van der Waals surface area contributed by atoms with Crippen LogP contribution in [0.3, 0.4) is 0 Å². The van der Waals surface area contributed by atoms with Gasteiger partial charge in [-0.3, -0.25) is 14.5 Å². The van der Waals surface area contributed by atoms with Crippen LogP contribution in [-0.2, 0) is 17.8 Å². The molecule has 0 radical (unpaired) electrons. The minimum absolute atomic E-state index is 0.00934. The topological polar surface area (TPSA) is 84.5 Å². The van der Waals surface area contributed by atoms with E-state index >= 15 is 0 Å². The summed E-state index contributed by atoms with van der Waals surface area (Å²) in [6.45, 7) is 4.06. The van der Waals surface area contributed by atoms with Crippen molar-refractivity contribution in [2.24, 2.45) is 0 Å². The summed E-state index contributed by atoms with van der Waals surface area (Å²) in [5.74, 6) is 1.31. The van der Waals surface area contributed by atoms with E-state index < -0.39 is 0 Å². The summed E-state index contributed by atoms with van der Waals surface area (Å²) in [4.78, 5) is 33.8. The lowest BCUT2D eigenvalue weighted by molar-refractivity contribution is -0.133. The number of hydrogen-bond acceptors (Lipinski definition) is 7. The molecule has 3 aromatic heterocycles. The second kappa shape index (κ2) is 9.15. The Morgan fingerprint density at radius 1 is 1.14 bits per heavy atom. The third-order valence-electron chi connectivity index (χ3n) is 5.00. The first-order valence-corrected chi connectivity index (χ1v) is 10.6. The fourth-order valence-corrected chi connectivity index (χ4v) is 4.02. The van der Waals surface area contributed by atoms with Gasteiger partial charge in [0.05, 0.1) is 4.88 Å². The highest BCUT2D eigenvalue weighted by molar-refractivity contribution is 7.13. The minimum Gasteiger partial charge on any atom is -0.339 e. The molecule has 1 aliphatic heterocycles. The first-order valence-electron chi connectivity index (χ1n) is 9.71. The van der Waals surface area contributed by atoms with E-state index in [0.29, 0.717) is 24.8 Å². The van der Waals surface area contributed by atoms with E-state index in [4.69, 9.17) is 4.52 Å². The molecular formula is C20H23N5O3S. The summed E-state index contributed by atoms with van der Waals surface area (Å²) in [5.41, 5.74) is -0.150. The van der Waals surface area contributed by atoms with E-state index in [1.54, 1.807) is 29.7 Å². The molecular weight excluding hydrogens is 390 g/mol. The number of piperazine rings is 1. The van der Waals surface area contributed by atoms with Gasteiger partial charge < -0.3 is 14.0 Å². The van der Waals surface area contributed by atoms with Crippen LogP contribution < -0.4 is 5.56 Å². The van der Waals surface area contributed by atoms with Crippen molar-refractivity contribution in [3.05, 3.63) is 58.2 Å². The lowest BCUT2D eigenvalue weighted by Crippen LogP contribution is -2.50. The number of thiophene rings is 1. The average Bonchev–Trinajstić information content (AvgIpc) is 3.42. The number of carbonyl (C=O) groups excluding carboxylic acids is 1. The van der Waals surface area contributed by atoms with Crippen molar-refractivity contribution < 1.29 is 9.32 Å². The van der Waals surface area contributed by atoms with E-state index in [1.165, 1.54) is 10.6 Å². The first-order chi connectivity index (χ1) is 14.2. The van der Waals surface area contributed by atoms with Gasteiger partial charge in [0.2, 0.25) is 17.6 Å². The zero-order valence-electron chi connectivity index (χ0n) is 16.1. The summed E-state index contributed by atoms with van der Waals surface area (Å²) in [5, 5.41) is 6.03. The second-order valence-electron chi connectivity index (χ2n) is 6.98. The second-order valence-corrected chi connectivity index (χ2v) is 7.93. The monoisotopic (exact) mass is 413 g/mol. The fourth-order valence-electron chi connectivity index (χ4n) is 3.37. The largest absolute Gasteiger partial charge is 0.339 e. The Morgan fingerprint density at radius 2 is 2.00 bits per heavy atom. The molecule has 0 aliphatic carbocycles. The molecule has 0 bridgehead atoms. The van der Waals surface area contributed by atoms with Crippen molar-refractivity contribution in [3.8, 4) is 10.7 Å².